The highest BCUT2D eigenvalue weighted by atomic mass is 79.9. The fourth-order valence-corrected chi connectivity index (χ4v) is 3.55. The second-order valence-corrected chi connectivity index (χ2v) is 7.68. The zero-order valence-electron chi connectivity index (χ0n) is 13.7. The van der Waals surface area contributed by atoms with Crippen molar-refractivity contribution < 1.29 is 9.13 Å². The molecule has 8 heteroatoms. The number of halogens is 2. The van der Waals surface area contributed by atoms with Gasteiger partial charge in [0.2, 0.25) is 17.3 Å². The van der Waals surface area contributed by atoms with Crippen molar-refractivity contribution in [2.75, 3.05) is 11.1 Å². The third-order valence-electron chi connectivity index (χ3n) is 3.85. The molecule has 4 rings (SSSR count). The number of fused-ring (bicyclic) bond motifs is 3. The van der Waals surface area contributed by atoms with Crippen LogP contribution in [0.2, 0.25) is 0 Å². The molecule has 1 atom stereocenters. The number of ether oxygens (including phenoxy) is 1. The Hall–Kier alpha value is -2.19. The minimum atomic E-state index is -0.728. The van der Waals surface area contributed by atoms with E-state index in [0.29, 0.717) is 22.3 Å². The Labute approximate surface area is 162 Å². The van der Waals surface area contributed by atoms with Crippen molar-refractivity contribution in [2.24, 2.45) is 0 Å². The SMILES string of the molecule is CCSc1nnc2c(n1)O[C@@H](c1ccccc1F)Nc1ccc(Br)cc1-2. The van der Waals surface area contributed by atoms with Gasteiger partial charge in [0, 0.05) is 21.3 Å². The first-order valence-corrected chi connectivity index (χ1v) is 9.78. The number of anilines is 1. The van der Waals surface area contributed by atoms with Crippen LogP contribution in [-0.2, 0) is 0 Å². The van der Waals surface area contributed by atoms with Gasteiger partial charge in [-0.3, -0.25) is 0 Å². The maximum absolute atomic E-state index is 14.3. The van der Waals surface area contributed by atoms with Crippen LogP contribution in [0, 0.1) is 5.82 Å². The van der Waals surface area contributed by atoms with Crippen LogP contribution in [0.1, 0.15) is 18.7 Å². The van der Waals surface area contributed by atoms with Gasteiger partial charge in [-0.25, -0.2) is 4.39 Å². The molecule has 0 saturated carbocycles. The molecule has 0 amide bonds. The first-order chi connectivity index (χ1) is 12.7. The first-order valence-electron chi connectivity index (χ1n) is 8.00. The average Bonchev–Trinajstić information content (AvgIpc) is 2.78. The van der Waals surface area contributed by atoms with Gasteiger partial charge < -0.3 is 10.1 Å². The summed E-state index contributed by atoms with van der Waals surface area (Å²) >= 11 is 4.95. The topological polar surface area (TPSA) is 59.9 Å². The molecule has 3 aromatic rings. The number of rotatable bonds is 3. The Bertz CT molecular complexity index is 972. The zero-order valence-corrected chi connectivity index (χ0v) is 16.1. The molecule has 2 heterocycles. The van der Waals surface area contributed by atoms with Gasteiger partial charge in [0.1, 0.15) is 5.82 Å². The number of hydrogen-bond donors (Lipinski definition) is 1. The van der Waals surface area contributed by atoms with E-state index in [0.717, 1.165) is 21.5 Å². The van der Waals surface area contributed by atoms with E-state index in [1.54, 1.807) is 18.2 Å². The molecule has 0 aliphatic carbocycles. The van der Waals surface area contributed by atoms with Crippen LogP contribution in [0.3, 0.4) is 0 Å². The average molecular weight is 433 g/mol. The highest BCUT2D eigenvalue weighted by Crippen LogP contribution is 2.41. The number of hydrogen-bond acceptors (Lipinski definition) is 6. The van der Waals surface area contributed by atoms with Crippen molar-refractivity contribution >= 4 is 33.4 Å². The Morgan fingerprint density at radius 3 is 2.88 bits per heavy atom. The fourth-order valence-electron chi connectivity index (χ4n) is 2.69. The summed E-state index contributed by atoms with van der Waals surface area (Å²) in [5.74, 6) is 0.795. The molecular weight excluding hydrogens is 419 g/mol. The van der Waals surface area contributed by atoms with E-state index < -0.39 is 6.23 Å². The minimum Gasteiger partial charge on any atom is -0.448 e. The second-order valence-electron chi connectivity index (χ2n) is 5.53. The van der Waals surface area contributed by atoms with Crippen LogP contribution in [0.5, 0.6) is 5.88 Å². The van der Waals surface area contributed by atoms with Crippen molar-refractivity contribution in [1.82, 2.24) is 15.2 Å². The van der Waals surface area contributed by atoms with E-state index in [-0.39, 0.29) is 5.82 Å². The number of nitrogens with one attached hydrogen (secondary N) is 1. The van der Waals surface area contributed by atoms with Gasteiger partial charge in [0.05, 0.1) is 0 Å². The van der Waals surface area contributed by atoms with Gasteiger partial charge >= 0.3 is 0 Å². The number of aromatic nitrogens is 3. The Kier molecular flexibility index (Phi) is 4.78. The number of nitrogens with zero attached hydrogens (tertiary/aromatic N) is 3. The summed E-state index contributed by atoms with van der Waals surface area (Å²) in [6.07, 6.45) is -0.728. The van der Waals surface area contributed by atoms with E-state index in [2.05, 4.69) is 36.4 Å². The van der Waals surface area contributed by atoms with Gasteiger partial charge in [0.25, 0.3) is 0 Å². The summed E-state index contributed by atoms with van der Waals surface area (Å²) in [6.45, 7) is 2.01. The predicted octanol–water partition coefficient (Wildman–Crippen LogP) is 5.06. The van der Waals surface area contributed by atoms with Gasteiger partial charge in [0.15, 0.2) is 5.69 Å². The molecule has 26 heavy (non-hydrogen) atoms. The van der Waals surface area contributed by atoms with E-state index >= 15 is 0 Å². The first kappa shape index (κ1) is 17.2. The molecule has 1 aromatic heterocycles. The minimum absolute atomic E-state index is 0.327. The Morgan fingerprint density at radius 2 is 2.08 bits per heavy atom. The molecule has 1 aliphatic heterocycles. The highest BCUT2D eigenvalue weighted by molar-refractivity contribution is 9.10. The monoisotopic (exact) mass is 432 g/mol. The molecule has 2 aromatic carbocycles. The van der Waals surface area contributed by atoms with E-state index in [4.69, 9.17) is 4.74 Å². The van der Waals surface area contributed by atoms with Crippen LogP contribution in [0.4, 0.5) is 10.1 Å². The molecular formula is C18H14BrFN4OS. The summed E-state index contributed by atoms with van der Waals surface area (Å²) < 4.78 is 21.3. The van der Waals surface area contributed by atoms with Crippen molar-refractivity contribution in [3.8, 4) is 17.1 Å². The molecule has 0 radical (unpaired) electrons. The quantitative estimate of drug-likeness (QED) is 0.583. The number of thioether (sulfide) groups is 1. The van der Waals surface area contributed by atoms with Crippen LogP contribution in [0.25, 0.3) is 11.3 Å². The van der Waals surface area contributed by atoms with E-state index in [9.17, 15) is 4.39 Å². The molecule has 0 bridgehead atoms. The lowest BCUT2D eigenvalue weighted by Gasteiger charge is -2.19. The van der Waals surface area contributed by atoms with E-state index in [1.165, 1.54) is 17.8 Å². The summed E-state index contributed by atoms with van der Waals surface area (Å²) in [6, 6.07) is 12.2. The van der Waals surface area contributed by atoms with Gasteiger partial charge in [-0.05, 0) is 30.0 Å². The maximum Gasteiger partial charge on any atom is 0.247 e. The lowest BCUT2D eigenvalue weighted by atomic mass is 10.1. The standard InChI is InChI=1S/C18H14BrFN4OS/c1-2-26-18-22-17-15(23-24-18)12-9-10(19)7-8-14(12)21-16(25-17)11-5-3-4-6-13(11)20/h3-9,16,21H,2H2,1H3/t16-/m0/s1. The molecule has 1 aliphatic rings. The third-order valence-corrected chi connectivity index (χ3v) is 5.06. The molecule has 132 valence electrons. The fraction of sp³-hybridized carbons (Fsp3) is 0.167. The van der Waals surface area contributed by atoms with E-state index in [1.807, 2.05) is 25.1 Å². The highest BCUT2D eigenvalue weighted by Gasteiger charge is 2.27. The molecule has 1 N–H and O–H groups in total. The second kappa shape index (κ2) is 7.20. The Balaban J connectivity index is 1.87. The Morgan fingerprint density at radius 1 is 1.23 bits per heavy atom. The van der Waals surface area contributed by atoms with Crippen LogP contribution in [0.15, 0.2) is 52.1 Å². The molecule has 0 spiro atoms. The summed E-state index contributed by atoms with van der Waals surface area (Å²) in [5.41, 5.74) is 2.49. The van der Waals surface area contributed by atoms with Crippen LogP contribution >= 0.6 is 27.7 Å². The smallest absolute Gasteiger partial charge is 0.247 e. The maximum atomic E-state index is 14.3. The lowest BCUT2D eigenvalue weighted by Crippen LogP contribution is -2.18. The van der Waals surface area contributed by atoms with Crippen molar-refractivity contribution in [1.29, 1.82) is 0 Å². The van der Waals surface area contributed by atoms with Gasteiger partial charge in [-0.15, -0.1) is 10.2 Å². The molecule has 5 nitrogen and oxygen atoms in total. The summed E-state index contributed by atoms with van der Waals surface area (Å²) in [5, 5.41) is 12.3. The predicted molar refractivity (Wildman–Crippen MR) is 103 cm³/mol. The van der Waals surface area contributed by atoms with Crippen LogP contribution in [-0.4, -0.2) is 20.9 Å². The lowest BCUT2D eigenvalue weighted by molar-refractivity contribution is 0.220. The van der Waals surface area contributed by atoms with Gasteiger partial charge in [-0.2, -0.15) is 4.98 Å². The van der Waals surface area contributed by atoms with Crippen molar-refractivity contribution in [3.05, 3.63) is 58.3 Å². The van der Waals surface area contributed by atoms with Gasteiger partial charge in [-0.1, -0.05) is 52.8 Å². The number of benzene rings is 2. The summed E-state index contributed by atoms with van der Waals surface area (Å²) in [4.78, 5) is 4.49. The zero-order chi connectivity index (χ0) is 18.1. The normalized spacial score (nSPS) is 15.3. The summed E-state index contributed by atoms with van der Waals surface area (Å²) in [7, 11) is 0. The molecule has 0 saturated heterocycles. The largest absolute Gasteiger partial charge is 0.448 e. The van der Waals surface area contributed by atoms with Crippen molar-refractivity contribution in [2.45, 2.75) is 18.3 Å². The molecule has 0 unspecified atom stereocenters. The third kappa shape index (κ3) is 3.26. The van der Waals surface area contributed by atoms with Crippen LogP contribution < -0.4 is 10.1 Å². The molecule has 0 fully saturated rings. The van der Waals surface area contributed by atoms with Crippen molar-refractivity contribution in [3.63, 3.8) is 0 Å².